The maximum absolute atomic E-state index is 12.3. The molecule has 0 spiro atoms. The first-order valence-electron chi connectivity index (χ1n) is 6.20. The van der Waals surface area contributed by atoms with Gasteiger partial charge in [-0.2, -0.15) is 0 Å². The first-order valence-corrected chi connectivity index (χ1v) is 6.20. The molecule has 0 unspecified atom stereocenters. The summed E-state index contributed by atoms with van der Waals surface area (Å²) in [4.78, 5) is 12.3. The zero-order valence-corrected chi connectivity index (χ0v) is 17.1. The van der Waals surface area contributed by atoms with Crippen LogP contribution in [-0.2, 0) is 70.2 Å². The fourth-order valence-corrected chi connectivity index (χ4v) is 2.09. The molecule has 2 heterocycles. The second kappa shape index (κ2) is 9.15. The van der Waals surface area contributed by atoms with Crippen LogP contribution in [0.15, 0.2) is 56.8 Å². The van der Waals surface area contributed by atoms with Crippen molar-refractivity contribution in [2.24, 2.45) is 0 Å². The van der Waals surface area contributed by atoms with E-state index in [-0.39, 0.29) is 71.2 Å². The summed E-state index contributed by atoms with van der Waals surface area (Å²) >= 11 is 0. The number of rotatable bonds is 2. The minimum Gasteiger partial charge on any atom is -0.492 e. The molecular weight excluding hydrogens is 418 g/mol. The van der Waals surface area contributed by atoms with E-state index in [1.54, 1.807) is 36.8 Å². The molecule has 1 fully saturated rings. The first-order chi connectivity index (χ1) is 9.33. The Morgan fingerprint density at radius 1 is 0.857 bits per heavy atom. The normalized spacial score (nSPS) is 18.4. The molecule has 1 saturated carbocycles. The van der Waals surface area contributed by atoms with Crippen LogP contribution in [0.1, 0.15) is 30.8 Å². The van der Waals surface area contributed by atoms with Crippen molar-refractivity contribution in [2.45, 2.75) is 19.3 Å². The largest absolute Gasteiger partial charge is 0.492 e. The van der Waals surface area contributed by atoms with Crippen molar-refractivity contribution in [1.29, 1.82) is 0 Å². The van der Waals surface area contributed by atoms with Crippen LogP contribution in [0.5, 0.6) is 0 Å². The van der Waals surface area contributed by atoms with Gasteiger partial charge in [0.25, 0.3) is 0 Å². The zero-order chi connectivity index (χ0) is 13.1. The third-order valence-corrected chi connectivity index (χ3v) is 2.99. The van der Waals surface area contributed by atoms with E-state index in [4.69, 9.17) is 8.83 Å². The van der Waals surface area contributed by atoms with E-state index in [1.165, 1.54) is 0 Å². The third kappa shape index (κ3) is 4.96. The molecule has 2 aromatic heterocycles. The summed E-state index contributed by atoms with van der Waals surface area (Å²) in [6.45, 7) is 0. The molecule has 0 atom stereocenters. The molecule has 0 aliphatic heterocycles. The van der Waals surface area contributed by atoms with E-state index in [0.717, 1.165) is 19.3 Å². The molecule has 102 valence electrons. The van der Waals surface area contributed by atoms with Gasteiger partial charge in [0.1, 0.15) is 0 Å². The van der Waals surface area contributed by atoms with Gasteiger partial charge in [0.05, 0.1) is 18.3 Å². The Labute approximate surface area is 174 Å². The predicted molar refractivity (Wildman–Crippen MR) is 68.0 cm³/mol. The Kier molecular flexibility index (Phi) is 8.26. The monoisotopic (exact) mass is 430 g/mol. The maximum Gasteiger partial charge on any atom is 0.0759 e. The van der Waals surface area contributed by atoms with Gasteiger partial charge in [-0.25, -0.2) is 0 Å². The third-order valence-electron chi connectivity index (χ3n) is 2.99. The molecule has 1 aliphatic carbocycles. The summed E-state index contributed by atoms with van der Waals surface area (Å²) in [5.41, 5.74) is 1.30. The average molecular weight is 430 g/mol. The van der Waals surface area contributed by atoms with Crippen LogP contribution in [0.2, 0.25) is 0 Å². The molecule has 3 nitrogen and oxygen atoms in total. The van der Waals surface area contributed by atoms with Crippen LogP contribution in [0.4, 0.5) is 0 Å². The molecule has 21 heavy (non-hydrogen) atoms. The van der Waals surface area contributed by atoms with E-state index in [2.05, 4.69) is 12.2 Å². The van der Waals surface area contributed by atoms with Crippen LogP contribution in [-0.4, -0.2) is 5.78 Å². The van der Waals surface area contributed by atoms with Crippen molar-refractivity contribution in [1.82, 2.24) is 0 Å². The van der Waals surface area contributed by atoms with Gasteiger partial charge in [-0.05, 0) is 19.3 Å². The number of furan rings is 2. The van der Waals surface area contributed by atoms with E-state index in [9.17, 15) is 4.79 Å². The van der Waals surface area contributed by atoms with Gasteiger partial charge in [-0.3, -0.25) is 0 Å². The molecule has 0 aromatic carbocycles. The van der Waals surface area contributed by atoms with E-state index >= 15 is 0 Å². The fourth-order valence-electron chi connectivity index (χ4n) is 2.09. The van der Waals surface area contributed by atoms with E-state index < -0.39 is 0 Å². The number of hydrogen-bond acceptors (Lipinski definition) is 3. The number of carbonyl (C=O) groups is 1. The standard InChI is InChI=1S/C16H12O3.2Y/c17-16-12(10-14-6-2-8-18-14)4-1-5-13(16)11-15-7-3-9-19-15;;/h2-3,6-9H,1,4-5H2;;/q-2;;. The molecule has 0 saturated heterocycles. The Balaban J connectivity index is 0.00000110. The SMILES string of the molecule is O=C1C(=[C-]c2ccco2)CCCC1=[C-]c1ccco1.[Y].[Y]. The molecule has 2 radical (unpaired) electrons. The topological polar surface area (TPSA) is 43.4 Å². The summed E-state index contributed by atoms with van der Waals surface area (Å²) in [5.74, 6) is 1.16. The van der Waals surface area contributed by atoms with Gasteiger partial charge >= 0.3 is 0 Å². The summed E-state index contributed by atoms with van der Waals surface area (Å²) in [6, 6.07) is 7.13. The number of hydrogen-bond donors (Lipinski definition) is 0. The zero-order valence-electron chi connectivity index (χ0n) is 11.5. The van der Waals surface area contributed by atoms with Crippen molar-refractivity contribution in [3.63, 3.8) is 0 Å². The molecule has 0 N–H and O–H groups in total. The first kappa shape index (κ1) is 19.0. The van der Waals surface area contributed by atoms with Crippen LogP contribution in [0.25, 0.3) is 0 Å². The molecule has 2 aromatic rings. The smallest absolute Gasteiger partial charge is 0.0759 e. The molecule has 5 heteroatoms. The molecule has 3 rings (SSSR count). The molecule has 1 aliphatic rings. The number of Topliss-reactive ketones (excluding diaryl/α,β-unsaturated/α-hetero) is 1. The van der Waals surface area contributed by atoms with Crippen molar-refractivity contribution in [3.8, 4) is 0 Å². The van der Waals surface area contributed by atoms with Crippen molar-refractivity contribution in [3.05, 3.63) is 71.6 Å². The van der Waals surface area contributed by atoms with Crippen LogP contribution < -0.4 is 0 Å². The molecule has 0 amide bonds. The quantitative estimate of drug-likeness (QED) is 0.542. The van der Waals surface area contributed by atoms with Crippen molar-refractivity contribution >= 4 is 5.78 Å². The average Bonchev–Trinajstić information content (AvgIpc) is 3.07. The van der Waals surface area contributed by atoms with Gasteiger partial charge in [0, 0.05) is 76.9 Å². The number of allylic oxidation sites excluding steroid dienone is 2. The van der Waals surface area contributed by atoms with Crippen LogP contribution in [0, 0.1) is 12.2 Å². The van der Waals surface area contributed by atoms with Crippen LogP contribution >= 0.6 is 0 Å². The van der Waals surface area contributed by atoms with Gasteiger partial charge < -0.3 is 13.6 Å². The summed E-state index contributed by atoms with van der Waals surface area (Å²) < 4.78 is 10.4. The number of carbonyl (C=O) groups excluding carboxylic acids is 1. The van der Waals surface area contributed by atoms with E-state index in [1.807, 2.05) is 0 Å². The van der Waals surface area contributed by atoms with Gasteiger partial charge in [-0.15, -0.1) is 35.4 Å². The Morgan fingerprint density at radius 3 is 1.71 bits per heavy atom. The van der Waals surface area contributed by atoms with Crippen molar-refractivity contribution < 1.29 is 79.0 Å². The van der Waals surface area contributed by atoms with Gasteiger partial charge in [-0.1, -0.05) is 12.1 Å². The van der Waals surface area contributed by atoms with Gasteiger partial charge in [0.15, 0.2) is 0 Å². The minimum absolute atomic E-state index is 0. The second-order valence-corrected chi connectivity index (χ2v) is 4.34. The molecule has 0 bridgehead atoms. The predicted octanol–water partition coefficient (Wildman–Crippen LogP) is 3.48. The Morgan fingerprint density at radius 2 is 1.33 bits per heavy atom. The van der Waals surface area contributed by atoms with E-state index in [0.29, 0.717) is 22.7 Å². The van der Waals surface area contributed by atoms with Gasteiger partial charge in [0.2, 0.25) is 0 Å². The Bertz CT molecular complexity index is 568. The molecular formula is C16H12O3Y2-2. The second-order valence-electron chi connectivity index (χ2n) is 4.34. The summed E-state index contributed by atoms with van der Waals surface area (Å²) in [5, 5.41) is 0. The summed E-state index contributed by atoms with van der Waals surface area (Å²) in [7, 11) is 0. The Hall–Kier alpha value is -0.0822. The number of ketones is 1. The fraction of sp³-hybridized carbons (Fsp3) is 0.188. The van der Waals surface area contributed by atoms with Crippen LogP contribution in [0.3, 0.4) is 0 Å². The minimum atomic E-state index is -0.0148. The maximum atomic E-state index is 12.3. The summed E-state index contributed by atoms with van der Waals surface area (Å²) in [6.07, 6.45) is 11.6. The van der Waals surface area contributed by atoms with Crippen molar-refractivity contribution in [2.75, 3.05) is 0 Å².